The Kier molecular flexibility index (Phi) is 6.83. The second kappa shape index (κ2) is 8.90. The van der Waals surface area contributed by atoms with Gasteiger partial charge in [-0.3, -0.25) is 4.79 Å². The number of ether oxygens (including phenoxy) is 1. The van der Waals surface area contributed by atoms with Gasteiger partial charge in [-0.15, -0.1) is 0 Å². The van der Waals surface area contributed by atoms with E-state index in [0.29, 0.717) is 17.8 Å². The van der Waals surface area contributed by atoms with Crippen molar-refractivity contribution in [2.24, 2.45) is 46.3 Å². The van der Waals surface area contributed by atoms with E-state index in [1.54, 1.807) is 0 Å². The fourth-order valence-electron chi connectivity index (χ4n) is 9.57. The number of carbonyl (C=O) groups is 1. The molecule has 0 heterocycles. The maximum atomic E-state index is 11.9. The number of fused-ring (bicyclic) bond motifs is 5. The van der Waals surface area contributed by atoms with Crippen LogP contribution < -0.4 is 0 Å². The molecule has 4 aliphatic carbocycles. The van der Waals surface area contributed by atoms with Crippen molar-refractivity contribution >= 4 is 5.97 Å². The molecular formula is C29H50O3. The zero-order chi connectivity index (χ0) is 23.3. The van der Waals surface area contributed by atoms with Crippen LogP contribution in [0.3, 0.4) is 0 Å². The zero-order valence-corrected chi connectivity index (χ0v) is 21.8. The molecule has 3 heteroatoms. The van der Waals surface area contributed by atoms with Crippen molar-refractivity contribution in [2.45, 2.75) is 130 Å². The van der Waals surface area contributed by atoms with Crippen molar-refractivity contribution in [3.8, 4) is 0 Å². The van der Waals surface area contributed by atoms with Crippen molar-refractivity contribution in [1.29, 1.82) is 0 Å². The third-order valence-corrected chi connectivity index (χ3v) is 11.3. The zero-order valence-electron chi connectivity index (χ0n) is 21.8. The van der Waals surface area contributed by atoms with Crippen LogP contribution in [0, 0.1) is 46.3 Å². The molecule has 4 rings (SSSR count). The van der Waals surface area contributed by atoms with Gasteiger partial charge in [0.15, 0.2) is 0 Å². The number of aliphatic hydroxyl groups is 1. The lowest BCUT2D eigenvalue weighted by molar-refractivity contribution is -0.224. The molecule has 32 heavy (non-hydrogen) atoms. The molecule has 4 fully saturated rings. The molecule has 0 aromatic rings. The standard InChI is InChI=1S/C29H50O3/c1-19(2)8-7-9-20(3)24-10-11-25-23-13-17-29(31)18-22(32-21(4)30)12-16-28(29,6)26(23)14-15-27(24,25)5/h19-20,22-26,31H,7-18H2,1-6H3/t20-,22+,23-,24+,25-,26-,27+,28+,29+/m0/s1. The van der Waals surface area contributed by atoms with E-state index in [2.05, 4.69) is 34.6 Å². The van der Waals surface area contributed by atoms with Gasteiger partial charge in [0.2, 0.25) is 0 Å². The van der Waals surface area contributed by atoms with E-state index >= 15 is 0 Å². The first kappa shape index (κ1) is 24.6. The molecule has 184 valence electrons. The SMILES string of the molecule is CC(=O)O[C@@H]1CC[C@]2(C)[C@H]3CC[C@]4(C)[C@@H]([C@@H](C)CCCC(C)C)CC[C@H]4[C@@H]3CC[C@@]2(O)C1. The van der Waals surface area contributed by atoms with E-state index in [1.165, 1.54) is 51.9 Å². The molecule has 1 N–H and O–H groups in total. The van der Waals surface area contributed by atoms with Crippen LogP contribution in [0.15, 0.2) is 0 Å². The first-order valence-corrected chi connectivity index (χ1v) is 13.9. The fourth-order valence-corrected chi connectivity index (χ4v) is 9.57. The number of carbonyl (C=O) groups excluding carboxylic acids is 1. The number of rotatable bonds is 6. The van der Waals surface area contributed by atoms with Gasteiger partial charge in [-0.05, 0) is 97.7 Å². The molecule has 0 unspecified atom stereocenters. The van der Waals surface area contributed by atoms with Gasteiger partial charge in [0, 0.05) is 13.3 Å². The maximum absolute atomic E-state index is 11.9. The van der Waals surface area contributed by atoms with Gasteiger partial charge in [0.25, 0.3) is 0 Å². The smallest absolute Gasteiger partial charge is 0.302 e. The first-order chi connectivity index (χ1) is 15.0. The summed E-state index contributed by atoms with van der Waals surface area (Å²) in [5.74, 6) is 4.59. The molecule has 0 radical (unpaired) electrons. The Morgan fingerprint density at radius 1 is 0.969 bits per heavy atom. The Hall–Kier alpha value is -0.570. The van der Waals surface area contributed by atoms with Crippen LogP contribution in [0.1, 0.15) is 119 Å². The molecule has 4 saturated carbocycles. The van der Waals surface area contributed by atoms with Crippen molar-refractivity contribution in [3.63, 3.8) is 0 Å². The molecule has 3 nitrogen and oxygen atoms in total. The number of esters is 1. The predicted molar refractivity (Wildman–Crippen MR) is 130 cm³/mol. The average Bonchev–Trinajstić information content (AvgIpc) is 3.05. The minimum atomic E-state index is -0.664. The largest absolute Gasteiger partial charge is 0.462 e. The summed E-state index contributed by atoms with van der Waals surface area (Å²) < 4.78 is 5.56. The Balaban J connectivity index is 1.47. The van der Waals surface area contributed by atoms with Crippen LogP contribution in [0.25, 0.3) is 0 Å². The van der Waals surface area contributed by atoms with Gasteiger partial charge < -0.3 is 9.84 Å². The topological polar surface area (TPSA) is 46.5 Å². The van der Waals surface area contributed by atoms with E-state index in [4.69, 9.17) is 4.74 Å². The third-order valence-electron chi connectivity index (χ3n) is 11.3. The van der Waals surface area contributed by atoms with Crippen LogP contribution in [-0.4, -0.2) is 22.8 Å². The van der Waals surface area contributed by atoms with Crippen LogP contribution in [0.4, 0.5) is 0 Å². The molecular weight excluding hydrogens is 396 g/mol. The summed E-state index contributed by atoms with van der Waals surface area (Å²) in [6.45, 7) is 13.8. The minimum Gasteiger partial charge on any atom is -0.462 e. The molecule has 0 aromatic carbocycles. The molecule has 9 atom stereocenters. The summed E-state index contributed by atoms with van der Waals surface area (Å²) in [5, 5.41) is 11.9. The molecule has 0 saturated heterocycles. The maximum Gasteiger partial charge on any atom is 0.302 e. The molecule has 0 bridgehead atoms. The summed E-state index contributed by atoms with van der Waals surface area (Å²) in [5.41, 5.74) is -0.184. The van der Waals surface area contributed by atoms with Gasteiger partial charge in [0.1, 0.15) is 6.10 Å². The minimum absolute atomic E-state index is 0.0190. The summed E-state index contributed by atoms with van der Waals surface area (Å²) >= 11 is 0. The summed E-state index contributed by atoms with van der Waals surface area (Å²) in [6, 6.07) is 0. The highest BCUT2D eigenvalue weighted by Crippen LogP contribution is 2.69. The third kappa shape index (κ3) is 4.07. The lowest BCUT2D eigenvalue weighted by Gasteiger charge is -2.64. The van der Waals surface area contributed by atoms with Crippen molar-refractivity contribution in [3.05, 3.63) is 0 Å². The molecule has 0 aliphatic heterocycles. The van der Waals surface area contributed by atoms with Crippen LogP contribution >= 0.6 is 0 Å². The van der Waals surface area contributed by atoms with E-state index in [9.17, 15) is 9.90 Å². The van der Waals surface area contributed by atoms with Gasteiger partial charge in [-0.25, -0.2) is 0 Å². The highest BCUT2D eigenvalue weighted by molar-refractivity contribution is 5.66. The van der Waals surface area contributed by atoms with Gasteiger partial charge >= 0.3 is 5.97 Å². The van der Waals surface area contributed by atoms with Crippen molar-refractivity contribution in [1.82, 2.24) is 0 Å². The highest BCUT2D eigenvalue weighted by Gasteiger charge is 2.64. The second-order valence-electron chi connectivity index (χ2n) is 13.4. The van der Waals surface area contributed by atoms with Crippen molar-refractivity contribution in [2.75, 3.05) is 0 Å². The van der Waals surface area contributed by atoms with E-state index in [-0.39, 0.29) is 17.5 Å². The summed E-state index contributed by atoms with van der Waals surface area (Å²) in [4.78, 5) is 11.5. The van der Waals surface area contributed by atoms with Crippen LogP contribution in [0.2, 0.25) is 0 Å². The summed E-state index contributed by atoms with van der Waals surface area (Å²) in [6.07, 6.45) is 14.1. The summed E-state index contributed by atoms with van der Waals surface area (Å²) in [7, 11) is 0. The Bertz CT molecular complexity index is 688. The Labute approximate surface area is 197 Å². The second-order valence-corrected chi connectivity index (χ2v) is 13.4. The molecule has 0 amide bonds. The highest BCUT2D eigenvalue weighted by atomic mass is 16.5. The monoisotopic (exact) mass is 446 g/mol. The fraction of sp³-hybridized carbons (Fsp3) is 0.966. The van der Waals surface area contributed by atoms with Crippen molar-refractivity contribution < 1.29 is 14.6 Å². The van der Waals surface area contributed by atoms with E-state index in [1.807, 2.05) is 0 Å². The van der Waals surface area contributed by atoms with E-state index in [0.717, 1.165) is 55.3 Å². The molecule has 0 spiro atoms. The molecule has 0 aromatic heterocycles. The van der Waals surface area contributed by atoms with E-state index < -0.39 is 5.60 Å². The number of hydrogen-bond acceptors (Lipinski definition) is 3. The molecule has 4 aliphatic rings. The first-order valence-electron chi connectivity index (χ1n) is 13.9. The lowest BCUT2D eigenvalue weighted by Crippen LogP contribution is -2.63. The normalized spacial score (nSPS) is 46.8. The Morgan fingerprint density at radius 2 is 1.72 bits per heavy atom. The number of hydrogen-bond donors (Lipinski definition) is 1. The average molecular weight is 447 g/mol. The predicted octanol–water partition coefficient (Wildman–Crippen LogP) is 7.15. The Morgan fingerprint density at radius 3 is 2.41 bits per heavy atom. The van der Waals surface area contributed by atoms with Crippen LogP contribution in [0.5, 0.6) is 0 Å². The quantitative estimate of drug-likeness (QED) is 0.440. The van der Waals surface area contributed by atoms with Gasteiger partial charge in [-0.2, -0.15) is 0 Å². The van der Waals surface area contributed by atoms with Crippen LogP contribution in [-0.2, 0) is 9.53 Å². The lowest BCUT2D eigenvalue weighted by atomic mass is 9.43. The van der Waals surface area contributed by atoms with Gasteiger partial charge in [0.05, 0.1) is 5.60 Å². The van der Waals surface area contributed by atoms with Gasteiger partial charge in [-0.1, -0.05) is 53.9 Å².